The van der Waals surface area contributed by atoms with Gasteiger partial charge in [-0.15, -0.1) is 0 Å². The van der Waals surface area contributed by atoms with Crippen LogP contribution >= 0.6 is 34.8 Å². The fraction of sp³-hybridized carbons (Fsp3) is 0.0588. The van der Waals surface area contributed by atoms with Crippen molar-refractivity contribution in [3.63, 3.8) is 0 Å². The van der Waals surface area contributed by atoms with Crippen LogP contribution in [0.2, 0.25) is 15.1 Å². The number of amides is 1. The molecule has 0 saturated heterocycles. The molecule has 0 aliphatic carbocycles. The zero-order valence-corrected chi connectivity index (χ0v) is 14.5. The lowest BCUT2D eigenvalue weighted by Crippen LogP contribution is -2.20. The summed E-state index contributed by atoms with van der Waals surface area (Å²) in [5.41, 5.74) is 1.17. The van der Waals surface area contributed by atoms with E-state index < -0.39 is 18.5 Å². The molecule has 2 aromatic rings. The molecule has 2 aromatic carbocycles. The number of carbonyl (C=O) groups is 2. The summed E-state index contributed by atoms with van der Waals surface area (Å²) in [5, 5.41) is 4.05. The van der Waals surface area contributed by atoms with Gasteiger partial charge >= 0.3 is 5.97 Å². The number of rotatable bonds is 5. The molecule has 0 aromatic heterocycles. The van der Waals surface area contributed by atoms with E-state index in [0.717, 1.165) is 0 Å². The van der Waals surface area contributed by atoms with E-state index in [0.29, 0.717) is 26.3 Å². The Morgan fingerprint density at radius 1 is 1.00 bits per heavy atom. The van der Waals surface area contributed by atoms with Gasteiger partial charge in [0.1, 0.15) is 0 Å². The highest BCUT2D eigenvalue weighted by Crippen LogP contribution is 2.22. The van der Waals surface area contributed by atoms with Crippen LogP contribution < -0.4 is 5.32 Å². The van der Waals surface area contributed by atoms with Crippen molar-refractivity contribution < 1.29 is 14.3 Å². The highest BCUT2D eigenvalue weighted by Gasteiger charge is 2.06. The molecule has 0 aliphatic rings. The molecule has 0 saturated carbocycles. The maximum atomic E-state index is 11.7. The number of hydrogen-bond donors (Lipinski definition) is 1. The van der Waals surface area contributed by atoms with E-state index in [9.17, 15) is 9.59 Å². The third-order valence-corrected chi connectivity index (χ3v) is 3.65. The Kier molecular flexibility index (Phi) is 6.67. The van der Waals surface area contributed by atoms with Crippen LogP contribution in [0.4, 0.5) is 5.69 Å². The fourth-order valence-corrected chi connectivity index (χ4v) is 2.31. The molecule has 0 bridgehead atoms. The molecular weight excluding hydrogens is 373 g/mol. The monoisotopic (exact) mass is 383 g/mol. The Hall–Kier alpha value is -2.01. The summed E-state index contributed by atoms with van der Waals surface area (Å²) in [6.45, 7) is -0.403. The van der Waals surface area contributed by atoms with Crippen LogP contribution in [0.3, 0.4) is 0 Å². The van der Waals surface area contributed by atoms with E-state index in [1.54, 1.807) is 42.5 Å². The maximum absolute atomic E-state index is 11.7. The molecule has 24 heavy (non-hydrogen) atoms. The van der Waals surface area contributed by atoms with Crippen molar-refractivity contribution in [2.75, 3.05) is 11.9 Å². The fourth-order valence-electron chi connectivity index (χ4n) is 1.71. The van der Waals surface area contributed by atoms with Crippen molar-refractivity contribution >= 4 is 58.4 Å². The Bertz CT molecular complexity index is 773. The average Bonchev–Trinajstić information content (AvgIpc) is 2.54. The molecule has 0 fully saturated rings. The zero-order chi connectivity index (χ0) is 17.5. The highest BCUT2D eigenvalue weighted by atomic mass is 35.5. The van der Waals surface area contributed by atoms with Crippen molar-refractivity contribution in [2.24, 2.45) is 0 Å². The summed E-state index contributed by atoms with van der Waals surface area (Å²) in [7, 11) is 0. The van der Waals surface area contributed by atoms with Crippen molar-refractivity contribution in [2.45, 2.75) is 0 Å². The van der Waals surface area contributed by atoms with Gasteiger partial charge in [0.25, 0.3) is 5.91 Å². The van der Waals surface area contributed by atoms with Gasteiger partial charge in [0.2, 0.25) is 0 Å². The Morgan fingerprint density at radius 3 is 2.33 bits per heavy atom. The molecule has 0 heterocycles. The van der Waals surface area contributed by atoms with Gasteiger partial charge < -0.3 is 10.1 Å². The molecule has 2 rings (SSSR count). The number of carbonyl (C=O) groups excluding carboxylic acids is 2. The average molecular weight is 385 g/mol. The minimum atomic E-state index is -0.660. The van der Waals surface area contributed by atoms with E-state index in [1.165, 1.54) is 12.2 Å². The first-order chi connectivity index (χ1) is 11.4. The third-order valence-electron chi connectivity index (χ3n) is 2.83. The summed E-state index contributed by atoms with van der Waals surface area (Å²) in [5.74, 6) is -1.11. The quantitative estimate of drug-likeness (QED) is 0.592. The van der Waals surface area contributed by atoms with Gasteiger partial charge in [0.15, 0.2) is 6.61 Å². The predicted molar refractivity (Wildman–Crippen MR) is 96.5 cm³/mol. The number of hydrogen-bond acceptors (Lipinski definition) is 3. The van der Waals surface area contributed by atoms with Crippen LogP contribution in [0.1, 0.15) is 5.56 Å². The SMILES string of the molecule is O=C(COC(=O)C=Cc1ccc(Cl)cc1Cl)Nc1ccc(Cl)cc1. The molecule has 0 aliphatic heterocycles. The molecular formula is C17H12Cl3NO3. The number of esters is 1. The van der Waals surface area contributed by atoms with E-state index in [2.05, 4.69) is 5.32 Å². The zero-order valence-electron chi connectivity index (χ0n) is 12.3. The summed E-state index contributed by atoms with van der Waals surface area (Å²) < 4.78 is 4.85. The molecule has 7 heteroatoms. The predicted octanol–water partition coefficient (Wildman–Crippen LogP) is 4.84. The largest absolute Gasteiger partial charge is 0.452 e. The number of nitrogens with one attached hydrogen (secondary N) is 1. The van der Waals surface area contributed by atoms with Crippen LogP contribution in [-0.4, -0.2) is 18.5 Å². The first-order valence-corrected chi connectivity index (χ1v) is 7.93. The second-order valence-electron chi connectivity index (χ2n) is 4.66. The molecule has 1 amide bonds. The maximum Gasteiger partial charge on any atom is 0.331 e. The Morgan fingerprint density at radius 2 is 1.67 bits per heavy atom. The third kappa shape index (κ3) is 5.89. The normalized spacial score (nSPS) is 10.6. The second-order valence-corrected chi connectivity index (χ2v) is 5.94. The summed E-state index contributed by atoms with van der Waals surface area (Å²) in [6, 6.07) is 11.5. The van der Waals surface area contributed by atoms with Gasteiger partial charge in [0, 0.05) is 26.8 Å². The molecule has 124 valence electrons. The minimum absolute atomic E-state index is 0.403. The smallest absolute Gasteiger partial charge is 0.331 e. The first-order valence-electron chi connectivity index (χ1n) is 6.79. The first kappa shape index (κ1) is 18.3. The van der Waals surface area contributed by atoms with E-state index >= 15 is 0 Å². The van der Waals surface area contributed by atoms with Crippen molar-refractivity contribution in [3.05, 3.63) is 69.2 Å². The topological polar surface area (TPSA) is 55.4 Å². The number of benzene rings is 2. The van der Waals surface area contributed by atoms with Gasteiger partial charge in [-0.25, -0.2) is 4.79 Å². The van der Waals surface area contributed by atoms with Crippen LogP contribution in [-0.2, 0) is 14.3 Å². The van der Waals surface area contributed by atoms with Crippen LogP contribution in [0, 0.1) is 0 Å². The van der Waals surface area contributed by atoms with E-state index in [-0.39, 0.29) is 0 Å². The minimum Gasteiger partial charge on any atom is -0.452 e. The van der Waals surface area contributed by atoms with Gasteiger partial charge in [-0.2, -0.15) is 0 Å². The highest BCUT2D eigenvalue weighted by molar-refractivity contribution is 6.35. The molecule has 1 N–H and O–H groups in total. The van der Waals surface area contributed by atoms with Crippen molar-refractivity contribution in [3.8, 4) is 0 Å². The van der Waals surface area contributed by atoms with Crippen LogP contribution in [0.25, 0.3) is 6.08 Å². The molecule has 0 unspecified atom stereocenters. The Labute approximate surface area is 154 Å². The molecule has 0 radical (unpaired) electrons. The lowest BCUT2D eigenvalue weighted by molar-refractivity contribution is -0.142. The summed E-state index contributed by atoms with van der Waals surface area (Å²) in [4.78, 5) is 23.3. The van der Waals surface area contributed by atoms with Gasteiger partial charge in [0.05, 0.1) is 0 Å². The van der Waals surface area contributed by atoms with Crippen LogP contribution in [0.15, 0.2) is 48.5 Å². The van der Waals surface area contributed by atoms with Gasteiger partial charge in [-0.05, 0) is 48.0 Å². The lowest BCUT2D eigenvalue weighted by atomic mass is 10.2. The van der Waals surface area contributed by atoms with Crippen molar-refractivity contribution in [1.29, 1.82) is 0 Å². The Balaban J connectivity index is 1.83. The summed E-state index contributed by atoms with van der Waals surface area (Å²) >= 11 is 17.5. The lowest BCUT2D eigenvalue weighted by Gasteiger charge is -2.05. The number of halogens is 3. The van der Waals surface area contributed by atoms with Gasteiger partial charge in [-0.1, -0.05) is 40.9 Å². The molecule has 0 atom stereocenters. The molecule has 4 nitrogen and oxygen atoms in total. The number of ether oxygens (including phenoxy) is 1. The van der Waals surface area contributed by atoms with E-state index in [4.69, 9.17) is 39.5 Å². The second kappa shape index (κ2) is 8.73. The number of anilines is 1. The molecule has 0 spiro atoms. The van der Waals surface area contributed by atoms with Crippen LogP contribution in [0.5, 0.6) is 0 Å². The standard InChI is InChI=1S/C17H12Cl3NO3/c18-12-4-6-14(7-5-12)21-16(22)10-24-17(23)8-2-11-1-3-13(19)9-15(11)20/h1-9H,10H2,(H,21,22). The van der Waals surface area contributed by atoms with Crippen molar-refractivity contribution in [1.82, 2.24) is 0 Å². The van der Waals surface area contributed by atoms with Gasteiger partial charge in [-0.3, -0.25) is 4.79 Å². The summed E-state index contributed by atoms with van der Waals surface area (Å²) in [6.07, 6.45) is 2.67. The van der Waals surface area contributed by atoms with E-state index in [1.807, 2.05) is 0 Å².